The smallest absolute Gasteiger partial charge is 0.123 e. The van der Waals surface area contributed by atoms with E-state index < -0.39 is 0 Å². The first-order valence-electron chi connectivity index (χ1n) is 7.23. The molecular weight excluding hydrogens is 249 g/mol. The van der Waals surface area contributed by atoms with E-state index in [1.807, 2.05) is 6.07 Å². The van der Waals surface area contributed by atoms with Gasteiger partial charge in [0.1, 0.15) is 5.82 Å². The van der Waals surface area contributed by atoms with Crippen LogP contribution in [-0.4, -0.2) is 6.04 Å². The summed E-state index contributed by atoms with van der Waals surface area (Å²) in [6.45, 7) is 4.95. The van der Waals surface area contributed by atoms with Crippen LogP contribution in [0.1, 0.15) is 29.5 Å². The fraction of sp³-hybridized carbons (Fsp3) is 0.333. The van der Waals surface area contributed by atoms with Crippen molar-refractivity contribution in [1.82, 2.24) is 5.32 Å². The lowest BCUT2D eigenvalue weighted by Crippen LogP contribution is -2.16. The van der Waals surface area contributed by atoms with Gasteiger partial charge in [0.15, 0.2) is 0 Å². The molecule has 104 valence electrons. The molecule has 1 fully saturated rings. The van der Waals surface area contributed by atoms with Gasteiger partial charge in [0.05, 0.1) is 0 Å². The number of hydrogen-bond acceptors (Lipinski definition) is 1. The predicted molar refractivity (Wildman–Crippen MR) is 81.2 cm³/mol. The Morgan fingerprint density at radius 1 is 1.05 bits per heavy atom. The highest BCUT2D eigenvalue weighted by Crippen LogP contribution is 2.29. The largest absolute Gasteiger partial charge is 0.310 e. The third-order valence-electron chi connectivity index (χ3n) is 3.90. The van der Waals surface area contributed by atoms with Gasteiger partial charge in [0, 0.05) is 12.6 Å². The van der Waals surface area contributed by atoms with Crippen molar-refractivity contribution in [3.8, 4) is 11.1 Å². The highest BCUT2D eigenvalue weighted by Gasteiger charge is 2.20. The molecule has 20 heavy (non-hydrogen) atoms. The monoisotopic (exact) mass is 269 g/mol. The van der Waals surface area contributed by atoms with Gasteiger partial charge in [-0.15, -0.1) is 0 Å². The number of rotatable bonds is 4. The van der Waals surface area contributed by atoms with E-state index in [2.05, 4.69) is 37.4 Å². The molecule has 0 atom stereocenters. The molecule has 1 aliphatic rings. The summed E-state index contributed by atoms with van der Waals surface area (Å²) in [5.74, 6) is -0.161. The maximum Gasteiger partial charge on any atom is 0.123 e. The van der Waals surface area contributed by atoms with Crippen LogP contribution in [0.15, 0.2) is 36.4 Å². The van der Waals surface area contributed by atoms with E-state index in [0.29, 0.717) is 6.04 Å². The minimum Gasteiger partial charge on any atom is -0.310 e. The van der Waals surface area contributed by atoms with Crippen molar-refractivity contribution < 1.29 is 4.39 Å². The zero-order valence-electron chi connectivity index (χ0n) is 12.0. The number of aryl methyl sites for hydroxylation is 2. The molecule has 1 N–H and O–H groups in total. The molecule has 2 aromatic carbocycles. The number of halogens is 1. The zero-order valence-corrected chi connectivity index (χ0v) is 12.0. The zero-order chi connectivity index (χ0) is 14.1. The third kappa shape index (κ3) is 2.91. The maximum atomic E-state index is 13.5. The lowest BCUT2D eigenvalue weighted by Gasteiger charge is -2.13. The van der Waals surface area contributed by atoms with Crippen LogP contribution in [0.3, 0.4) is 0 Å². The van der Waals surface area contributed by atoms with Gasteiger partial charge in [-0.25, -0.2) is 4.39 Å². The molecule has 0 aliphatic heterocycles. The first kappa shape index (κ1) is 13.3. The van der Waals surface area contributed by atoms with Crippen LogP contribution in [0.5, 0.6) is 0 Å². The summed E-state index contributed by atoms with van der Waals surface area (Å²) < 4.78 is 13.5. The van der Waals surface area contributed by atoms with Crippen LogP contribution in [0, 0.1) is 19.7 Å². The van der Waals surface area contributed by atoms with Crippen molar-refractivity contribution in [3.05, 3.63) is 58.9 Å². The highest BCUT2D eigenvalue weighted by atomic mass is 19.1. The summed E-state index contributed by atoms with van der Waals surface area (Å²) in [5.41, 5.74) is 5.87. The molecule has 0 unspecified atom stereocenters. The van der Waals surface area contributed by atoms with Gasteiger partial charge in [0.2, 0.25) is 0 Å². The van der Waals surface area contributed by atoms with Crippen LogP contribution in [-0.2, 0) is 6.54 Å². The molecule has 0 spiro atoms. The van der Waals surface area contributed by atoms with Crippen molar-refractivity contribution >= 4 is 0 Å². The normalized spacial score (nSPS) is 14.6. The fourth-order valence-corrected chi connectivity index (χ4v) is 2.63. The molecule has 0 heterocycles. The standard InChI is InChI=1S/C18H20FN/c1-12-3-7-17(13(2)9-12)18-8-4-15(19)10-14(18)11-20-16-5-6-16/h3-4,7-10,16,20H,5-6,11H2,1-2H3. The van der Waals surface area contributed by atoms with Gasteiger partial charge >= 0.3 is 0 Å². The Balaban J connectivity index is 1.97. The molecule has 2 aromatic rings. The first-order valence-corrected chi connectivity index (χ1v) is 7.23. The SMILES string of the molecule is Cc1ccc(-c2ccc(F)cc2CNC2CC2)c(C)c1. The molecule has 0 aromatic heterocycles. The Labute approximate surface area is 119 Å². The van der Waals surface area contributed by atoms with E-state index in [1.165, 1.54) is 29.5 Å². The molecule has 2 heteroatoms. The van der Waals surface area contributed by atoms with Gasteiger partial charge in [-0.1, -0.05) is 29.8 Å². The van der Waals surface area contributed by atoms with Crippen LogP contribution in [0.2, 0.25) is 0 Å². The minimum absolute atomic E-state index is 0.161. The predicted octanol–water partition coefficient (Wildman–Crippen LogP) is 4.36. The molecule has 0 amide bonds. The quantitative estimate of drug-likeness (QED) is 0.869. The molecule has 3 rings (SSSR count). The van der Waals surface area contributed by atoms with E-state index >= 15 is 0 Å². The third-order valence-corrected chi connectivity index (χ3v) is 3.90. The summed E-state index contributed by atoms with van der Waals surface area (Å²) in [6, 6.07) is 12.2. The summed E-state index contributed by atoms with van der Waals surface area (Å²) in [6.07, 6.45) is 2.49. The minimum atomic E-state index is -0.161. The van der Waals surface area contributed by atoms with Gasteiger partial charge in [-0.2, -0.15) is 0 Å². The molecule has 0 radical (unpaired) electrons. The van der Waals surface area contributed by atoms with Crippen LogP contribution < -0.4 is 5.32 Å². The van der Waals surface area contributed by atoms with Crippen molar-refractivity contribution in [2.24, 2.45) is 0 Å². The van der Waals surface area contributed by atoms with Crippen molar-refractivity contribution in [2.45, 2.75) is 39.3 Å². The lowest BCUT2D eigenvalue weighted by molar-refractivity contribution is 0.620. The highest BCUT2D eigenvalue weighted by molar-refractivity contribution is 5.71. The van der Waals surface area contributed by atoms with Crippen LogP contribution >= 0.6 is 0 Å². The second-order valence-corrected chi connectivity index (χ2v) is 5.78. The molecule has 0 saturated heterocycles. The van der Waals surface area contributed by atoms with Gasteiger partial charge in [0.25, 0.3) is 0 Å². The fourth-order valence-electron chi connectivity index (χ4n) is 2.63. The summed E-state index contributed by atoms with van der Waals surface area (Å²) in [7, 11) is 0. The summed E-state index contributed by atoms with van der Waals surface area (Å²) in [5, 5.41) is 3.47. The first-order chi connectivity index (χ1) is 9.63. The van der Waals surface area contributed by atoms with Crippen LogP contribution in [0.25, 0.3) is 11.1 Å². The van der Waals surface area contributed by atoms with Gasteiger partial charge in [-0.05, 0) is 61.1 Å². The Morgan fingerprint density at radius 2 is 1.80 bits per heavy atom. The van der Waals surface area contributed by atoms with Gasteiger partial charge < -0.3 is 5.32 Å². The second-order valence-electron chi connectivity index (χ2n) is 5.78. The second kappa shape index (κ2) is 5.37. The lowest BCUT2D eigenvalue weighted by atomic mass is 9.94. The Hall–Kier alpha value is -1.67. The average Bonchev–Trinajstić information content (AvgIpc) is 3.21. The Kier molecular flexibility index (Phi) is 3.58. The van der Waals surface area contributed by atoms with Crippen molar-refractivity contribution in [2.75, 3.05) is 0 Å². The molecular formula is C18H20FN. The van der Waals surface area contributed by atoms with E-state index in [-0.39, 0.29) is 5.82 Å². The summed E-state index contributed by atoms with van der Waals surface area (Å²) in [4.78, 5) is 0. The molecule has 1 saturated carbocycles. The van der Waals surface area contributed by atoms with Crippen LogP contribution in [0.4, 0.5) is 4.39 Å². The van der Waals surface area contributed by atoms with E-state index in [1.54, 1.807) is 12.1 Å². The van der Waals surface area contributed by atoms with Gasteiger partial charge in [-0.3, -0.25) is 0 Å². The Bertz CT molecular complexity index is 629. The maximum absolute atomic E-state index is 13.5. The molecule has 1 nitrogen and oxygen atoms in total. The summed E-state index contributed by atoms with van der Waals surface area (Å²) >= 11 is 0. The van der Waals surface area contributed by atoms with E-state index in [4.69, 9.17) is 0 Å². The average molecular weight is 269 g/mol. The topological polar surface area (TPSA) is 12.0 Å². The number of hydrogen-bond donors (Lipinski definition) is 1. The Morgan fingerprint density at radius 3 is 2.50 bits per heavy atom. The molecule has 1 aliphatic carbocycles. The number of nitrogens with one attached hydrogen (secondary N) is 1. The van der Waals surface area contributed by atoms with E-state index in [0.717, 1.165) is 17.7 Å². The molecule has 0 bridgehead atoms. The van der Waals surface area contributed by atoms with E-state index in [9.17, 15) is 4.39 Å². The van der Waals surface area contributed by atoms with Crippen molar-refractivity contribution in [3.63, 3.8) is 0 Å². The number of benzene rings is 2. The van der Waals surface area contributed by atoms with Crippen molar-refractivity contribution in [1.29, 1.82) is 0 Å².